The molecule has 0 aliphatic heterocycles. The zero-order chi connectivity index (χ0) is 20.1. The van der Waals surface area contributed by atoms with Gasteiger partial charge in [0.05, 0.1) is 5.56 Å². The van der Waals surface area contributed by atoms with Gasteiger partial charge >= 0.3 is 6.18 Å². The Morgan fingerprint density at radius 1 is 1.04 bits per heavy atom. The van der Waals surface area contributed by atoms with Gasteiger partial charge in [-0.15, -0.1) is 5.10 Å². The first-order valence-electron chi connectivity index (χ1n) is 7.91. The van der Waals surface area contributed by atoms with Crippen LogP contribution in [-0.4, -0.2) is 28.6 Å². The van der Waals surface area contributed by atoms with Crippen molar-refractivity contribution in [1.29, 1.82) is 5.26 Å². The van der Waals surface area contributed by atoms with Crippen LogP contribution in [0.3, 0.4) is 0 Å². The molecule has 3 rings (SSSR count). The third kappa shape index (κ3) is 4.72. The number of rotatable bonds is 6. The summed E-state index contributed by atoms with van der Waals surface area (Å²) < 4.78 is 50.5. The summed E-state index contributed by atoms with van der Waals surface area (Å²) in [6, 6.07) is 11.6. The first kappa shape index (κ1) is 19.5. The Hall–Kier alpha value is -3.25. The third-order valence-electron chi connectivity index (χ3n) is 3.58. The van der Waals surface area contributed by atoms with Crippen molar-refractivity contribution in [3.05, 3.63) is 58.7 Å². The fourth-order valence-corrected chi connectivity index (χ4v) is 2.55. The highest BCUT2D eigenvalue weighted by Gasteiger charge is 2.32. The zero-order valence-corrected chi connectivity index (χ0v) is 14.9. The molecule has 0 amide bonds. The summed E-state index contributed by atoms with van der Waals surface area (Å²) >= 11 is 5.85. The second kappa shape index (κ2) is 8.19. The number of ether oxygens (including phenoxy) is 2. The van der Waals surface area contributed by atoms with Crippen molar-refractivity contribution >= 4 is 11.6 Å². The molecule has 0 atom stereocenters. The zero-order valence-electron chi connectivity index (χ0n) is 14.1. The fourth-order valence-electron chi connectivity index (χ4n) is 2.37. The molecule has 0 unspecified atom stereocenters. The maximum atomic E-state index is 13.2. The Morgan fingerprint density at radius 3 is 2.46 bits per heavy atom. The Balaban J connectivity index is 1.76. The molecule has 0 saturated heterocycles. The lowest BCUT2D eigenvalue weighted by molar-refractivity contribution is -0.137. The first-order chi connectivity index (χ1) is 13.4. The van der Waals surface area contributed by atoms with Gasteiger partial charge < -0.3 is 9.47 Å². The van der Waals surface area contributed by atoms with Crippen LogP contribution in [0, 0.1) is 11.3 Å². The molecule has 6 nitrogen and oxygen atoms in total. The summed E-state index contributed by atoms with van der Waals surface area (Å²) in [7, 11) is 0. The lowest BCUT2D eigenvalue weighted by atomic mass is 10.1. The summed E-state index contributed by atoms with van der Waals surface area (Å²) in [4.78, 5) is 0. The lowest BCUT2D eigenvalue weighted by Crippen LogP contribution is -2.10. The molecule has 1 N–H and O–H groups in total. The Morgan fingerprint density at radius 2 is 1.79 bits per heavy atom. The molecule has 0 fully saturated rings. The number of hydrogen-bond acceptors (Lipinski definition) is 5. The minimum atomic E-state index is -4.60. The largest absolute Gasteiger partial charge is 0.490 e. The van der Waals surface area contributed by atoms with Crippen LogP contribution in [0.15, 0.2) is 42.5 Å². The highest BCUT2D eigenvalue weighted by atomic mass is 35.5. The number of alkyl halides is 3. The van der Waals surface area contributed by atoms with E-state index < -0.39 is 11.7 Å². The second-order valence-electron chi connectivity index (χ2n) is 5.53. The average molecular weight is 409 g/mol. The van der Waals surface area contributed by atoms with Crippen molar-refractivity contribution in [2.24, 2.45) is 0 Å². The molecule has 0 saturated carbocycles. The highest BCUT2D eigenvalue weighted by Crippen LogP contribution is 2.35. The predicted octanol–water partition coefficient (Wildman–Crippen LogP) is 4.47. The number of benzene rings is 2. The van der Waals surface area contributed by atoms with Crippen LogP contribution in [0.25, 0.3) is 11.3 Å². The van der Waals surface area contributed by atoms with Gasteiger partial charge in [-0.25, -0.2) is 0 Å². The molecule has 1 aromatic heterocycles. The summed E-state index contributed by atoms with van der Waals surface area (Å²) in [6.07, 6.45) is -4.60. The van der Waals surface area contributed by atoms with Crippen molar-refractivity contribution in [3.8, 4) is 28.8 Å². The molecule has 0 radical (unpaired) electrons. The van der Waals surface area contributed by atoms with E-state index in [0.29, 0.717) is 10.8 Å². The highest BCUT2D eigenvalue weighted by molar-refractivity contribution is 6.30. The summed E-state index contributed by atoms with van der Waals surface area (Å²) in [5, 5.41) is 19.1. The van der Waals surface area contributed by atoms with Crippen molar-refractivity contribution < 1.29 is 22.6 Å². The van der Waals surface area contributed by atoms with Crippen LogP contribution in [0.1, 0.15) is 11.3 Å². The van der Waals surface area contributed by atoms with Gasteiger partial charge in [-0.05, 0) is 36.4 Å². The normalized spacial score (nSPS) is 11.1. The molecule has 0 bridgehead atoms. The smallest absolute Gasteiger partial charge is 0.416 e. The SMILES string of the molecule is N#Cc1n[nH]nc1-c1cc(OCCOc2cccc(Cl)c2)cc(C(F)(F)F)c1. The molecule has 0 aliphatic rings. The van der Waals surface area contributed by atoms with Crippen LogP contribution in [-0.2, 0) is 6.18 Å². The third-order valence-corrected chi connectivity index (χ3v) is 3.81. The fraction of sp³-hybridized carbons (Fsp3) is 0.167. The van der Waals surface area contributed by atoms with Crippen molar-refractivity contribution in [2.45, 2.75) is 6.18 Å². The van der Waals surface area contributed by atoms with E-state index in [-0.39, 0.29) is 35.9 Å². The predicted molar refractivity (Wildman–Crippen MR) is 94.0 cm³/mol. The van der Waals surface area contributed by atoms with E-state index >= 15 is 0 Å². The Bertz CT molecular complexity index is 1010. The van der Waals surface area contributed by atoms with Gasteiger partial charge in [0.25, 0.3) is 0 Å². The number of aromatic nitrogens is 3. The monoisotopic (exact) mass is 408 g/mol. The molecule has 144 valence electrons. The van der Waals surface area contributed by atoms with E-state index in [1.165, 1.54) is 6.07 Å². The molecule has 0 aliphatic carbocycles. The molecular formula is C18H12ClF3N4O2. The van der Waals surface area contributed by atoms with Crippen molar-refractivity contribution in [1.82, 2.24) is 15.4 Å². The minimum absolute atomic E-state index is 0.00279. The van der Waals surface area contributed by atoms with Gasteiger partial charge in [0.2, 0.25) is 0 Å². The number of aromatic amines is 1. The number of nitriles is 1. The lowest BCUT2D eigenvalue weighted by Gasteiger charge is -2.13. The quantitative estimate of drug-likeness (QED) is 0.608. The maximum Gasteiger partial charge on any atom is 0.416 e. The van der Waals surface area contributed by atoms with Gasteiger partial charge in [0.1, 0.15) is 36.5 Å². The van der Waals surface area contributed by atoms with E-state index in [1.807, 2.05) is 0 Å². The number of halogens is 4. The number of H-pyrrole nitrogens is 1. The topological polar surface area (TPSA) is 83.8 Å². The van der Waals surface area contributed by atoms with Gasteiger partial charge in [-0.1, -0.05) is 17.7 Å². The molecule has 0 spiro atoms. The maximum absolute atomic E-state index is 13.2. The average Bonchev–Trinajstić information content (AvgIpc) is 3.13. The Labute approximate surface area is 162 Å². The minimum Gasteiger partial charge on any atom is -0.490 e. The van der Waals surface area contributed by atoms with Crippen LogP contribution in [0.4, 0.5) is 13.2 Å². The number of nitrogens with zero attached hydrogens (tertiary/aromatic N) is 3. The Kier molecular flexibility index (Phi) is 5.70. The van der Waals surface area contributed by atoms with Crippen LogP contribution in [0.2, 0.25) is 5.02 Å². The number of hydrogen-bond donors (Lipinski definition) is 1. The molecule has 3 aromatic rings. The summed E-state index contributed by atoms with van der Waals surface area (Å²) in [5.74, 6) is 0.480. The van der Waals surface area contributed by atoms with Gasteiger partial charge in [0.15, 0.2) is 5.69 Å². The van der Waals surface area contributed by atoms with Crippen LogP contribution < -0.4 is 9.47 Å². The molecular weight excluding hydrogens is 397 g/mol. The first-order valence-corrected chi connectivity index (χ1v) is 8.29. The molecule has 2 aromatic carbocycles. The second-order valence-corrected chi connectivity index (χ2v) is 5.97. The summed E-state index contributed by atoms with van der Waals surface area (Å²) in [6.45, 7) is 0.0938. The van der Waals surface area contributed by atoms with E-state index in [4.69, 9.17) is 26.3 Å². The van der Waals surface area contributed by atoms with Crippen molar-refractivity contribution in [2.75, 3.05) is 13.2 Å². The van der Waals surface area contributed by atoms with Gasteiger partial charge in [-0.3, -0.25) is 0 Å². The van der Waals surface area contributed by atoms with Gasteiger partial charge in [0, 0.05) is 10.6 Å². The van der Waals surface area contributed by atoms with E-state index in [0.717, 1.165) is 12.1 Å². The summed E-state index contributed by atoms with van der Waals surface area (Å²) in [5.41, 5.74) is -0.975. The van der Waals surface area contributed by atoms with Crippen LogP contribution >= 0.6 is 11.6 Å². The molecule has 1 heterocycles. The molecule has 28 heavy (non-hydrogen) atoms. The van der Waals surface area contributed by atoms with E-state index in [2.05, 4.69) is 15.4 Å². The number of nitrogens with one attached hydrogen (secondary N) is 1. The van der Waals surface area contributed by atoms with E-state index in [9.17, 15) is 13.2 Å². The van der Waals surface area contributed by atoms with Crippen molar-refractivity contribution in [3.63, 3.8) is 0 Å². The standard InChI is InChI=1S/C18H12ClF3N4O2/c19-13-2-1-3-14(9-13)27-4-5-28-15-7-11(6-12(8-15)18(20,21)22)17-16(10-23)24-26-25-17/h1-3,6-9H,4-5H2,(H,24,25,26). The molecule has 10 heteroatoms. The van der Waals surface area contributed by atoms with E-state index in [1.54, 1.807) is 30.3 Å². The van der Waals surface area contributed by atoms with Crippen LogP contribution in [0.5, 0.6) is 11.5 Å². The van der Waals surface area contributed by atoms with Gasteiger partial charge in [-0.2, -0.15) is 28.7 Å².